The molecule has 1 atom stereocenters. The lowest BCUT2D eigenvalue weighted by Gasteiger charge is -2.35. The molecule has 0 spiro atoms. The van der Waals surface area contributed by atoms with Crippen LogP contribution in [0.4, 0.5) is 0 Å². The number of carbonyl (C=O) groups is 1. The Bertz CT molecular complexity index is 910. The summed E-state index contributed by atoms with van der Waals surface area (Å²) in [5, 5.41) is 3.72. The lowest BCUT2D eigenvalue weighted by molar-refractivity contribution is 0.0992. The number of nitrogens with zero attached hydrogens (tertiary/aromatic N) is 2. The van der Waals surface area contributed by atoms with Gasteiger partial charge in [-0.15, -0.1) is 0 Å². The third-order valence-corrected chi connectivity index (χ3v) is 6.52. The number of amides is 1. The second-order valence-electron chi connectivity index (χ2n) is 5.89. The second-order valence-corrected chi connectivity index (χ2v) is 8.19. The molecule has 1 amide bonds. The van der Waals surface area contributed by atoms with Gasteiger partial charge in [-0.2, -0.15) is 4.31 Å². The number of primary amides is 1. The number of nitrogens with one attached hydrogen (secondary N) is 1. The molecule has 134 valence electrons. The molecule has 25 heavy (non-hydrogen) atoms. The van der Waals surface area contributed by atoms with Crippen LogP contribution >= 0.6 is 11.6 Å². The fraction of sp³-hybridized carbons (Fsp3) is 0.312. The zero-order valence-electron chi connectivity index (χ0n) is 13.6. The molecule has 1 aliphatic rings. The van der Waals surface area contributed by atoms with Crippen LogP contribution in [-0.2, 0) is 17.1 Å². The number of sulfonamides is 1. The first-order valence-electron chi connectivity index (χ1n) is 7.75. The molecule has 0 saturated carbocycles. The van der Waals surface area contributed by atoms with E-state index in [1.807, 2.05) is 12.1 Å². The van der Waals surface area contributed by atoms with Crippen molar-refractivity contribution in [3.8, 4) is 0 Å². The molecule has 2 heterocycles. The smallest absolute Gasteiger partial charge is 0.265 e. The second kappa shape index (κ2) is 6.80. The summed E-state index contributed by atoms with van der Waals surface area (Å²) in [5.41, 5.74) is 6.18. The number of hydrogen-bond donors (Lipinski definition) is 2. The molecule has 1 aromatic heterocycles. The van der Waals surface area contributed by atoms with Crippen LogP contribution in [0, 0.1) is 0 Å². The maximum Gasteiger partial charge on any atom is 0.265 e. The number of nitrogens with two attached hydrogens (primary N) is 1. The first-order valence-corrected chi connectivity index (χ1v) is 9.57. The molecule has 1 aliphatic heterocycles. The van der Waals surface area contributed by atoms with Crippen LogP contribution in [0.3, 0.4) is 0 Å². The fourth-order valence-corrected chi connectivity index (χ4v) is 4.98. The van der Waals surface area contributed by atoms with Gasteiger partial charge < -0.3 is 15.6 Å². The predicted molar refractivity (Wildman–Crippen MR) is 94.9 cm³/mol. The normalized spacial score (nSPS) is 19.0. The van der Waals surface area contributed by atoms with Crippen molar-refractivity contribution in [3.63, 3.8) is 0 Å². The van der Waals surface area contributed by atoms with Crippen molar-refractivity contribution >= 4 is 27.5 Å². The molecule has 1 fully saturated rings. The Morgan fingerprint density at radius 3 is 2.72 bits per heavy atom. The van der Waals surface area contributed by atoms with E-state index in [9.17, 15) is 13.2 Å². The molecular formula is C16H19ClN4O3S. The van der Waals surface area contributed by atoms with E-state index in [4.69, 9.17) is 17.3 Å². The van der Waals surface area contributed by atoms with E-state index in [-0.39, 0.29) is 10.6 Å². The zero-order chi connectivity index (χ0) is 18.2. The van der Waals surface area contributed by atoms with Gasteiger partial charge in [0.2, 0.25) is 10.0 Å². The number of piperazine rings is 1. The van der Waals surface area contributed by atoms with Gasteiger partial charge in [-0.3, -0.25) is 4.79 Å². The van der Waals surface area contributed by atoms with Gasteiger partial charge in [0.1, 0.15) is 10.6 Å². The summed E-state index contributed by atoms with van der Waals surface area (Å²) in [6.07, 6.45) is 1.40. The minimum absolute atomic E-state index is 0.0442. The van der Waals surface area contributed by atoms with Crippen LogP contribution in [0.1, 0.15) is 22.1 Å². The van der Waals surface area contributed by atoms with E-state index >= 15 is 0 Å². The Hall–Kier alpha value is -1.87. The summed E-state index contributed by atoms with van der Waals surface area (Å²) in [5.74, 6) is -0.674. The maximum absolute atomic E-state index is 13.2. The monoisotopic (exact) mass is 382 g/mol. The molecule has 2 aromatic rings. The summed E-state index contributed by atoms with van der Waals surface area (Å²) >= 11 is 6.28. The van der Waals surface area contributed by atoms with Crippen LogP contribution in [0.2, 0.25) is 5.02 Å². The Balaban J connectivity index is 2.03. The topological polar surface area (TPSA) is 97.4 Å². The number of hydrogen-bond acceptors (Lipinski definition) is 4. The van der Waals surface area contributed by atoms with Gasteiger partial charge in [0, 0.05) is 37.9 Å². The molecular weight excluding hydrogens is 364 g/mol. The van der Waals surface area contributed by atoms with Crippen molar-refractivity contribution in [1.82, 2.24) is 14.2 Å². The molecule has 0 radical (unpaired) electrons. The van der Waals surface area contributed by atoms with Gasteiger partial charge in [-0.05, 0) is 17.7 Å². The molecule has 3 rings (SSSR count). The quantitative estimate of drug-likeness (QED) is 0.827. The van der Waals surface area contributed by atoms with Gasteiger partial charge in [-0.25, -0.2) is 8.42 Å². The van der Waals surface area contributed by atoms with Crippen LogP contribution < -0.4 is 11.1 Å². The highest BCUT2D eigenvalue weighted by molar-refractivity contribution is 7.89. The molecule has 1 aromatic carbocycles. The Morgan fingerprint density at radius 1 is 1.36 bits per heavy atom. The summed E-state index contributed by atoms with van der Waals surface area (Å²) in [6.45, 7) is 1.30. The van der Waals surface area contributed by atoms with Gasteiger partial charge in [0.25, 0.3) is 5.91 Å². The van der Waals surface area contributed by atoms with E-state index < -0.39 is 22.0 Å². The average molecular weight is 383 g/mol. The van der Waals surface area contributed by atoms with Crippen molar-refractivity contribution < 1.29 is 13.2 Å². The Morgan fingerprint density at radius 2 is 2.08 bits per heavy atom. The fourth-order valence-electron chi connectivity index (χ4n) is 3.04. The van der Waals surface area contributed by atoms with Crippen LogP contribution in [-0.4, -0.2) is 42.8 Å². The highest BCUT2D eigenvalue weighted by Crippen LogP contribution is 2.33. The van der Waals surface area contributed by atoms with Gasteiger partial charge >= 0.3 is 0 Å². The third-order valence-electron chi connectivity index (χ3n) is 4.30. The largest absolute Gasteiger partial charge is 0.364 e. The lowest BCUT2D eigenvalue weighted by atomic mass is 10.1. The maximum atomic E-state index is 13.2. The highest BCUT2D eigenvalue weighted by Gasteiger charge is 2.36. The van der Waals surface area contributed by atoms with Crippen molar-refractivity contribution in [2.45, 2.75) is 10.9 Å². The van der Waals surface area contributed by atoms with Crippen molar-refractivity contribution in [2.75, 3.05) is 19.6 Å². The van der Waals surface area contributed by atoms with E-state index in [1.54, 1.807) is 19.2 Å². The molecule has 0 bridgehead atoms. The first kappa shape index (κ1) is 17.9. The number of halogens is 1. The summed E-state index contributed by atoms with van der Waals surface area (Å²) in [4.78, 5) is 11.5. The van der Waals surface area contributed by atoms with E-state index in [0.717, 1.165) is 5.56 Å². The highest BCUT2D eigenvalue weighted by atomic mass is 35.5. The standard InChI is InChI=1S/C16H19ClN4O3S/c1-20-10-11(8-14(20)16(18)22)25(23,24)21-7-6-19-9-15(21)12-4-2-3-5-13(12)17/h2-5,8,10,15,19H,6-7,9H2,1H3,(H2,18,22). The summed E-state index contributed by atoms with van der Waals surface area (Å²) in [6, 6.07) is 8.08. The van der Waals surface area contributed by atoms with Crippen LogP contribution in [0.25, 0.3) is 0 Å². The SMILES string of the molecule is Cn1cc(S(=O)(=O)N2CCNCC2c2ccccc2Cl)cc1C(N)=O. The van der Waals surface area contributed by atoms with E-state index in [1.165, 1.54) is 21.1 Å². The van der Waals surface area contributed by atoms with E-state index in [0.29, 0.717) is 24.7 Å². The van der Waals surface area contributed by atoms with Gasteiger partial charge in [0.05, 0.1) is 6.04 Å². The van der Waals surface area contributed by atoms with Crippen LogP contribution in [0.15, 0.2) is 41.4 Å². The number of aromatic nitrogens is 1. The van der Waals surface area contributed by atoms with Crippen molar-refractivity contribution in [2.24, 2.45) is 12.8 Å². The van der Waals surface area contributed by atoms with Crippen molar-refractivity contribution in [3.05, 3.63) is 52.8 Å². The minimum atomic E-state index is -3.81. The van der Waals surface area contributed by atoms with Gasteiger partial charge in [0.15, 0.2) is 0 Å². The van der Waals surface area contributed by atoms with Crippen molar-refractivity contribution in [1.29, 1.82) is 0 Å². The Kier molecular flexibility index (Phi) is 4.88. The molecule has 7 nitrogen and oxygen atoms in total. The third kappa shape index (κ3) is 3.30. The predicted octanol–water partition coefficient (Wildman–Crippen LogP) is 1.11. The molecule has 3 N–H and O–H groups in total. The number of benzene rings is 1. The molecule has 9 heteroatoms. The first-order chi connectivity index (χ1) is 11.8. The molecule has 1 unspecified atom stereocenters. The summed E-state index contributed by atoms with van der Waals surface area (Å²) < 4.78 is 29.2. The molecule has 0 aliphatic carbocycles. The minimum Gasteiger partial charge on any atom is -0.364 e. The number of aryl methyl sites for hydroxylation is 1. The number of rotatable bonds is 4. The Labute approximate surface area is 151 Å². The molecule has 1 saturated heterocycles. The van der Waals surface area contributed by atoms with Crippen LogP contribution in [0.5, 0.6) is 0 Å². The average Bonchev–Trinajstić information content (AvgIpc) is 2.98. The summed E-state index contributed by atoms with van der Waals surface area (Å²) in [7, 11) is -2.22. The lowest BCUT2D eigenvalue weighted by Crippen LogP contribution is -2.48. The van der Waals surface area contributed by atoms with Gasteiger partial charge in [-0.1, -0.05) is 29.8 Å². The zero-order valence-corrected chi connectivity index (χ0v) is 15.2. The number of carbonyl (C=O) groups excluding carboxylic acids is 1. The van der Waals surface area contributed by atoms with E-state index in [2.05, 4.69) is 5.32 Å².